The summed E-state index contributed by atoms with van der Waals surface area (Å²) in [6.45, 7) is 0. The van der Waals surface area contributed by atoms with Gasteiger partial charge in [0, 0.05) is 21.9 Å². The fourth-order valence-electron chi connectivity index (χ4n) is 2.31. The summed E-state index contributed by atoms with van der Waals surface area (Å²) in [5.74, 6) is -1.12. The largest absolute Gasteiger partial charge is 0.507 e. The minimum absolute atomic E-state index is 0.0628. The summed E-state index contributed by atoms with van der Waals surface area (Å²) in [6, 6.07) is 9.47. The number of aromatic nitrogens is 1. The van der Waals surface area contributed by atoms with E-state index in [2.05, 4.69) is 26.2 Å². The number of benzene rings is 2. The molecule has 1 aromatic heterocycles. The van der Waals surface area contributed by atoms with E-state index in [4.69, 9.17) is 11.6 Å². The molecule has 0 saturated heterocycles. The fraction of sp³-hybridized carbons (Fsp3) is 0.0625. The van der Waals surface area contributed by atoms with Crippen molar-refractivity contribution < 1.29 is 15.0 Å². The average Bonchev–Trinajstić information content (AvgIpc) is 2.78. The van der Waals surface area contributed by atoms with Gasteiger partial charge in [-0.2, -0.15) is 0 Å². The van der Waals surface area contributed by atoms with Gasteiger partial charge in [0.15, 0.2) is 5.69 Å². The number of carbonyl (C=O) groups is 1. The molecule has 122 valence electrons. The molecule has 3 aromatic rings. The van der Waals surface area contributed by atoms with Gasteiger partial charge in [0.05, 0.1) is 11.1 Å². The van der Waals surface area contributed by atoms with E-state index >= 15 is 0 Å². The third-order valence-electron chi connectivity index (χ3n) is 3.53. The Morgan fingerprint density at radius 2 is 1.96 bits per heavy atom. The monoisotopic (exact) mass is 407 g/mol. The first-order valence-corrected chi connectivity index (χ1v) is 7.97. The first kappa shape index (κ1) is 16.5. The molecule has 2 N–H and O–H groups in total. The molecular weight excluding hydrogens is 398 g/mol. The van der Waals surface area contributed by atoms with Crippen LogP contribution in [0.4, 0.5) is 5.69 Å². The topological polar surface area (TPSA) is 87.2 Å². The number of aromatic hydroxyl groups is 2. The van der Waals surface area contributed by atoms with Gasteiger partial charge in [0.2, 0.25) is 5.88 Å². The van der Waals surface area contributed by atoms with E-state index in [1.807, 2.05) is 12.1 Å². The van der Waals surface area contributed by atoms with E-state index in [1.54, 1.807) is 13.1 Å². The Kier molecular flexibility index (Phi) is 4.29. The molecule has 6 nitrogen and oxygen atoms in total. The summed E-state index contributed by atoms with van der Waals surface area (Å²) in [5, 5.41) is 28.3. The van der Waals surface area contributed by atoms with Crippen LogP contribution in [-0.2, 0) is 7.05 Å². The number of rotatable bonds is 2. The molecule has 0 atom stereocenters. The van der Waals surface area contributed by atoms with E-state index in [0.29, 0.717) is 10.4 Å². The number of nitrogens with zero attached hydrogens (tertiary/aromatic N) is 3. The van der Waals surface area contributed by atoms with Crippen LogP contribution in [0, 0.1) is 0 Å². The molecule has 0 unspecified atom stereocenters. The van der Waals surface area contributed by atoms with Crippen LogP contribution >= 0.6 is 27.5 Å². The van der Waals surface area contributed by atoms with E-state index in [0.717, 1.165) is 9.99 Å². The van der Waals surface area contributed by atoms with Crippen molar-refractivity contribution in [1.82, 2.24) is 4.57 Å². The van der Waals surface area contributed by atoms with Gasteiger partial charge >= 0.3 is 0 Å². The standard InChI is InChI=1S/C16H11BrClN3O3/c1-21-12-4-2-8(17)6-10(12)14(16(21)24)19-20-15(23)11-7-9(18)3-5-13(11)22/h2-7,22,24H,1H3. The molecule has 24 heavy (non-hydrogen) atoms. The Morgan fingerprint density at radius 1 is 1.21 bits per heavy atom. The average molecular weight is 409 g/mol. The maximum absolute atomic E-state index is 12.1. The summed E-state index contributed by atoms with van der Waals surface area (Å²) in [7, 11) is 1.68. The zero-order chi connectivity index (χ0) is 17.4. The van der Waals surface area contributed by atoms with Crippen LogP contribution in [-0.4, -0.2) is 20.7 Å². The Morgan fingerprint density at radius 3 is 2.71 bits per heavy atom. The molecule has 0 saturated carbocycles. The van der Waals surface area contributed by atoms with Crippen LogP contribution in [0.15, 0.2) is 51.1 Å². The number of phenolic OH excluding ortho intramolecular Hbond substituents is 1. The smallest absolute Gasteiger partial charge is 0.299 e. The van der Waals surface area contributed by atoms with Gasteiger partial charge in [-0.3, -0.25) is 4.79 Å². The van der Waals surface area contributed by atoms with Crippen LogP contribution in [0.1, 0.15) is 10.4 Å². The number of fused-ring (bicyclic) bond motifs is 1. The molecule has 0 spiro atoms. The zero-order valence-corrected chi connectivity index (χ0v) is 14.7. The molecule has 0 fully saturated rings. The lowest BCUT2D eigenvalue weighted by Crippen LogP contribution is -1.94. The lowest BCUT2D eigenvalue weighted by Gasteiger charge is -1.99. The lowest BCUT2D eigenvalue weighted by atomic mass is 10.2. The van der Waals surface area contributed by atoms with Gasteiger partial charge in [-0.05, 0) is 36.4 Å². The third-order valence-corrected chi connectivity index (χ3v) is 4.26. The first-order valence-electron chi connectivity index (χ1n) is 6.80. The summed E-state index contributed by atoms with van der Waals surface area (Å²) in [4.78, 5) is 12.1. The Labute approximate surface area is 150 Å². The Bertz CT molecular complexity index is 998. The number of aryl methyl sites for hydroxylation is 1. The predicted octanol–water partition coefficient (Wildman–Crippen LogP) is 4.93. The molecule has 1 heterocycles. The third kappa shape index (κ3) is 2.88. The highest BCUT2D eigenvalue weighted by Crippen LogP contribution is 2.39. The first-order chi connectivity index (χ1) is 11.4. The summed E-state index contributed by atoms with van der Waals surface area (Å²) in [5.41, 5.74) is 0.846. The molecule has 1 amide bonds. The summed E-state index contributed by atoms with van der Waals surface area (Å²) < 4.78 is 2.34. The number of halogens is 2. The van der Waals surface area contributed by atoms with Crippen molar-refractivity contribution in [3.8, 4) is 11.6 Å². The lowest BCUT2D eigenvalue weighted by molar-refractivity contribution is 0.0992. The van der Waals surface area contributed by atoms with Gasteiger partial charge in [0.1, 0.15) is 5.75 Å². The molecule has 8 heteroatoms. The number of hydrogen-bond donors (Lipinski definition) is 2. The zero-order valence-electron chi connectivity index (χ0n) is 12.4. The van der Waals surface area contributed by atoms with Crippen molar-refractivity contribution in [3.05, 3.63) is 51.5 Å². The minimum atomic E-state index is -0.763. The Hall–Kier alpha value is -2.38. The second-order valence-electron chi connectivity index (χ2n) is 5.06. The fourth-order valence-corrected chi connectivity index (χ4v) is 2.84. The van der Waals surface area contributed by atoms with Crippen molar-refractivity contribution in [2.75, 3.05) is 0 Å². The van der Waals surface area contributed by atoms with Gasteiger partial charge in [-0.15, -0.1) is 10.2 Å². The van der Waals surface area contributed by atoms with Crippen molar-refractivity contribution in [1.29, 1.82) is 0 Å². The molecule has 0 bridgehead atoms. The quantitative estimate of drug-likeness (QED) is 0.589. The normalized spacial score (nSPS) is 11.5. The molecule has 0 aliphatic rings. The summed E-state index contributed by atoms with van der Waals surface area (Å²) in [6.07, 6.45) is 0. The molecular formula is C16H11BrClN3O3. The van der Waals surface area contributed by atoms with Crippen LogP contribution in [0.3, 0.4) is 0 Å². The minimum Gasteiger partial charge on any atom is -0.507 e. The summed E-state index contributed by atoms with van der Waals surface area (Å²) >= 11 is 9.17. The number of hydrogen-bond acceptors (Lipinski definition) is 4. The van der Waals surface area contributed by atoms with Crippen LogP contribution in [0.2, 0.25) is 5.02 Å². The highest BCUT2D eigenvalue weighted by atomic mass is 79.9. The van der Waals surface area contributed by atoms with Gasteiger partial charge < -0.3 is 14.8 Å². The Balaban J connectivity index is 2.05. The number of carbonyl (C=O) groups excluding carboxylic acids is 1. The number of phenols is 1. The maximum Gasteiger partial charge on any atom is 0.299 e. The van der Waals surface area contributed by atoms with E-state index in [9.17, 15) is 15.0 Å². The van der Waals surface area contributed by atoms with Gasteiger partial charge in [0.25, 0.3) is 5.91 Å². The SMILES string of the molecule is Cn1c(O)c(N=NC(=O)c2cc(Cl)ccc2O)c2cc(Br)ccc21. The van der Waals surface area contributed by atoms with Crippen LogP contribution < -0.4 is 0 Å². The van der Waals surface area contributed by atoms with Crippen LogP contribution in [0.5, 0.6) is 11.6 Å². The van der Waals surface area contributed by atoms with E-state index in [-0.39, 0.29) is 22.9 Å². The molecule has 0 radical (unpaired) electrons. The number of amides is 1. The second kappa shape index (κ2) is 6.26. The molecule has 0 aliphatic carbocycles. The van der Waals surface area contributed by atoms with Crippen molar-refractivity contribution in [3.63, 3.8) is 0 Å². The number of azo groups is 1. The second-order valence-corrected chi connectivity index (χ2v) is 6.41. The van der Waals surface area contributed by atoms with E-state index in [1.165, 1.54) is 22.8 Å². The van der Waals surface area contributed by atoms with Gasteiger partial charge in [-0.25, -0.2) is 0 Å². The van der Waals surface area contributed by atoms with E-state index < -0.39 is 5.91 Å². The van der Waals surface area contributed by atoms with Gasteiger partial charge in [-0.1, -0.05) is 27.5 Å². The van der Waals surface area contributed by atoms with Crippen molar-refractivity contribution >= 4 is 50.0 Å². The molecule has 3 rings (SSSR count). The predicted molar refractivity (Wildman–Crippen MR) is 94.2 cm³/mol. The maximum atomic E-state index is 12.1. The highest BCUT2D eigenvalue weighted by Gasteiger charge is 2.16. The van der Waals surface area contributed by atoms with Crippen molar-refractivity contribution in [2.45, 2.75) is 0 Å². The highest BCUT2D eigenvalue weighted by molar-refractivity contribution is 9.10. The van der Waals surface area contributed by atoms with Crippen LogP contribution in [0.25, 0.3) is 10.9 Å². The molecule has 0 aliphatic heterocycles. The molecule has 2 aromatic carbocycles. The van der Waals surface area contributed by atoms with Crippen molar-refractivity contribution in [2.24, 2.45) is 17.3 Å².